The standard InChI is InChI=1S/C19H13FN2O3S/c20-17-8-4-7-16-18(23)14(12-26(24,25)19(16)17)9-13-10-21-22(11-13)15-5-2-1-3-6-15/h1-11H,12H2. The Balaban J connectivity index is 1.76. The van der Waals surface area contributed by atoms with Gasteiger partial charge in [0, 0.05) is 22.9 Å². The lowest BCUT2D eigenvalue weighted by atomic mass is 10.0. The van der Waals surface area contributed by atoms with E-state index in [-0.39, 0.29) is 11.1 Å². The fourth-order valence-electron chi connectivity index (χ4n) is 2.96. The Kier molecular flexibility index (Phi) is 3.81. The normalized spacial score (nSPS) is 17.3. The molecule has 0 N–H and O–H groups in total. The molecule has 0 bridgehead atoms. The van der Waals surface area contributed by atoms with Gasteiger partial charge in [0.1, 0.15) is 10.7 Å². The summed E-state index contributed by atoms with van der Waals surface area (Å²) in [7, 11) is -3.91. The van der Waals surface area contributed by atoms with Gasteiger partial charge in [0.05, 0.1) is 17.6 Å². The molecule has 0 amide bonds. The minimum atomic E-state index is -3.91. The van der Waals surface area contributed by atoms with Gasteiger partial charge in [0.15, 0.2) is 15.6 Å². The average Bonchev–Trinajstić information content (AvgIpc) is 3.08. The molecule has 4 rings (SSSR count). The van der Waals surface area contributed by atoms with E-state index in [1.807, 2.05) is 30.3 Å². The highest BCUT2D eigenvalue weighted by atomic mass is 32.2. The number of sulfone groups is 1. The summed E-state index contributed by atoms with van der Waals surface area (Å²) < 4.78 is 40.4. The SMILES string of the molecule is O=C1C(=Cc2cnn(-c3ccccc3)c2)CS(=O)(=O)c2c(F)cccc21. The molecule has 7 heteroatoms. The number of rotatable bonds is 2. The van der Waals surface area contributed by atoms with E-state index in [1.54, 1.807) is 17.1 Å². The molecule has 0 saturated heterocycles. The molecule has 1 aromatic heterocycles. The number of halogens is 1. The number of hydrogen-bond donors (Lipinski definition) is 0. The summed E-state index contributed by atoms with van der Waals surface area (Å²) >= 11 is 0. The van der Waals surface area contributed by atoms with Crippen LogP contribution in [0.1, 0.15) is 15.9 Å². The number of Topliss-reactive ketones (excluding diaryl/α,β-unsaturated/α-hetero) is 1. The van der Waals surface area contributed by atoms with Gasteiger partial charge in [-0.1, -0.05) is 24.3 Å². The van der Waals surface area contributed by atoms with Gasteiger partial charge in [0.2, 0.25) is 0 Å². The second-order valence-corrected chi connectivity index (χ2v) is 7.85. The minimum Gasteiger partial charge on any atom is -0.289 e. The number of para-hydroxylation sites is 1. The molecule has 0 fully saturated rings. The predicted octanol–water partition coefficient (Wildman–Crippen LogP) is 3.07. The molecule has 130 valence electrons. The average molecular weight is 368 g/mol. The summed E-state index contributed by atoms with van der Waals surface area (Å²) in [6.07, 6.45) is 4.73. The van der Waals surface area contributed by atoms with Crippen molar-refractivity contribution in [3.8, 4) is 5.69 Å². The summed E-state index contributed by atoms with van der Waals surface area (Å²) in [6, 6.07) is 13.1. The van der Waals surface area contributed by atoms with Crippen LogP contribution in [0.4, 0.5) is 4.39 Å². The number of ketones is 1. The van der Waals surface area contributed by atoms with E-state index in [9.17, 15) is 17.6 Å². The fourth-order valence-corrected chi connectivity index (χ4v) is 4.59. The van der Waals surface area contributed by atoms with Crippen LogP contribution < -0.4 is 0 Å². The molecule has 2 heterocycles. The van der Waals surface area contributed by atoms with E-state index in [0.29, 0.717) is 5.56 Å². The zero-order valence-corrected chi connectivity index (χ0v) is 14.3. The maximum Gasteiger partial charge on any atom is 0.191 e. The molecule has 2 aromatic carbocycles. The predicted molar refractivity (Wildman–Crippen MR) is 94.3 cm³/mol. The van der Waals surface area contributed by atoms with E-state index in [1.165, 1.54) is 18.2 Å². The van der Waals surface area contributed by atoms with Gasteiger partial charge < -0.3 is 0 Å². The van der Waals surface area contributed by atoms with E-state index in [2.05, 4.69) is 5.10 Å². The topological polar surface area (TPSA) is 69.0 Å². The van der Waals surface area contributed by atoms with E-state index < -0.39 is 32.1 Å². The first kappa shape index (κ1) is 16.4. The highest BCUT2D eigenvalue weighted by Gasteiger charge is 2.35. The second-order valence-electron chi connectivity index (χ2n) is 5.93. The van der Waals surface area contributed by atoms with Crippen molar-refractivity contribution < 1.29 is 17.6 Å². The molecule has 0 spiro atoms. The Morgan fingerprint density at radius 2 is 1.85 bits per heavy atom. The van der Waals surface area contributed by atoms with Crippen LogP contribution in [0.15, 0.2) is 71.4 Å². The molecule has 1 aliphatic heterocycles. The summed E-state index contributed by atoms with van der Waals surface area (Å²) in [5, 5.41) is 4.22. The molecular weight excluding hydrogens is 355 g/mol. The lowest BCUT2D eigenvalue weighted by molar-refractivity contribution is 0.103. The largest absolute Gasteiger partial charge is 0.289 e. The maximum atomic E-state index is 13.9. The van der Waals surface area contributed by atoms with Crippen molar-refractivity contribution in [1.82, 2.24) is 9.78 Å². The van der Waals surface area contributed by atoms with Crippen LogP contribution in [-0.4, -0.2) is 29.7 Å². The van der Waals surface area contributed by atoms with E-state index >= 15 is 0 Å². The van der Waals surface area contributed by atoms with Crippen molar-refractivity contribution in [2.24, 2.45) is 0 Å². The Morgan fingerprint density at radius 3 is 2.62 bits per heavy atom. The maximum absolute atomic E-state index is 13.9. The molecular formula is C19H13FN2O3S. The van der Waals surface area contributed by atoms with Crippen molar-refractivity contribution in [1.29, 1.82) is 0 Å². The van der Waals surface area contributed by atoms with Crippen LogP contribution in [0.3, 0.4) is 0 Å². The molecule has 5 nitrogen and oxygen atoms in total. The van der Waals surface area contributed by atoms with E-state index in [4.69, 9.17) is 0 Å². The summed E-state index contributed by atoms with van der Waals surface area (Å²) in [5.41, 5.74) is 1.40. The first-order valence-corrected chi connectivity index (χ1v) is 9.47. The van der Waals surface area contributed by atoms with E-state index in [0.717, 1.165) is 11.8 Å². The van der Waals surface area contributed by atoms with Crippen molar-refractivity contribution in [3.63, 3.8) is 0 Å². The number of hydrogen-bond acceptors (Lipinski definition) is 4. The minimum absolute atomic E-state index is 0.0933. The third kappa shape index (κ3) is 2.76. The van der Waals surface area contributed by atoms with Crippen LogP contribution in [0, 0.1) is 5.82 Å². The fraction of sp³-hybridized carbons (Fsp3) is 0.0526. The smallest absolute Gasteiger partial charge is 0.191 e. The quantitative estimate of drug-likeness (QED) is 0.652. The lowest BCUT2D eigenvalue weighted by Gasteiger charge is -2.18. The van der Waals surface area contributed by atoms with Gasteiger partial charge in [-0.05, 0) is 30.3 Å². The number of benzene rings is 2. The number of carbonyl (C=O) groups excluding carboxylic acids is 1. The van der Waals surface area contributed by atoms with Crippen LogP contribution in [0.25, 0.3) is 11.8 Å². The first-order chi connectivity index (χ1) is 12.5. The van der Waals surface area contributed by atoms with Gasteiger partial charge in [-0.25, -0.2) is 17.5 Å². The molecule has 0 aliphatic carbocycles. The van der Waals surface area contributed by atoms with Gasteiger partial charge in [-0.3, -0.25) is 4.79 Å². The molecule has 1 aliphatic rings. The summed E-state index contributed by atoms with van der Waals surface area (Å²) in [6.45, 7) is 0. The third-order valence-electron chi connectivity index (χ3n) is 4.12. The summed E-state index contributed by atoms with van der Waals surface area (Å²) in [4.78, 5) is 12.1. The van der Waals surface area contributed by atoms with Crippen LogP contribution >= 0.6 is 0 Å². The lowest BCUT2D eigenvalue weighted by Crippen LogP contribution is -2.25. The number of aromatic nitrogens is 2. The molecule has 0 saturated carbocycles. The second kappa shape index (κ2) is 6.03. The Morgan fingerprint density at radius 1 is 1.08 bits per heavy atom. The highest BCUT2D eigenvalue weighted by molar-refractivity contribution is 7.92. The van der Waals surface area contributed by atoms with Gasteiger partial charge in [-0.15, -0.1) is 0 Å². The number of fused-ring (bicyclic) bond motifs is 1. The molecule has 0 unspecified atom stereocenters. The van der Waals surface area contributed by atoms with Crippen LogP contribution in [0.5, 0.6) is 0 Å². The van der Waals surface area contributed by atoms with Gasteiger partial charge in [0.25, 0.3) is 0 Å². The Labute approximate surface area is 149 Å². The number of carbonyl (C=O) groups is 1. The molecule has 3 aromatic rings. The van der Waals surface area contributed by atoms with Crippen LogP contribution in [0.2, 0.25) is 0 Å². The van der Waals surface area contributed by atoms with Crippen molar-refractivity contribution >= 4 is 21.7 Å². The zero-order valence-electron chi connectivity index (χ0n) is 13.5. The van der Waals surface area contributed by atoms with Crippen molar-refractivity contribution in [3.05, 3.63) is 83.4 Å². The highest BCUT2D eigenvalue weighted by Crippen LogP contribution is 2.31. The monoisotopic (exact) mass is 368 g/mol. The number of nitrogens with zero attached hydrogens (tertiary/aromatic N) is 2. The third-order valence-corrected chi connectivity index (χ3v) is 5.85. The molecule has 0 atom stereocenters. The van der Waals surface area contributed by atoms with Gasteiger partial charge >= 0.3 is 0 Å². The Bertz CT molecular complexity index is 1150. The van der Waals surface area contributed by atoms with Gasteiger partial charge in [-0.2, -0.15) is 5.10 Å². The van der Waals surface area contributed by atoms with Crippen molar-refractivity contribution in [2.45, 2.75) is 4.90 Å². The first-order valence-electron chi connectivity index (χ1n) is 7.82. The zero-order chi connectivity index (χ0) is 18.3. The van der Waals surface area contributed by atoms with Crippen molar-refractivity contribution in [2.75, 3.05) is 5.75 Å². The molecule has 0 radical (unpaired) electrons. The van der Waals surface area contributed by atoms with Crippen LogP contribution in [-0.2, 0) is 9.84 Å². The molecule has 26 heavy (non-hydrogen) atoms. The Hall–Kier alpha value is -3.06. The summed E-state index contributed by atoms with van der Waals surface area (Å²) in [5.74, 6) is -1.91.